The molecule has 1 aromatic carbocycles. The minimum Gasteiger partial charge on any atom is -0.394 e. The average molecular weight is 435 g/mol. The molecule has 0 radical (unpaired) electrons. The van der Waals surface area contributed by atoms with Gasteiger partial charge in [0.15, 0.2) is 0 Å². The fourth-order valence-corrected chi connectivity index (χ4v) is 2.45. The SMILES string of the molecule is CC(C)[C@H](NC(=O)[C@H](CO)NC(=O)[C@H](CO)NC(=O)c1ccc(N=[N+]=[N-])cc1)C(N)=O. The molecule has 0 aromatic heterocycles. The number of aliphatic hydroxyl groups excluding tert-OH is 2. The predicted molar refractivity (Wildman–Crippen MR) is 109 cm³/mol. The van der Waals surface area contributed by atoms with Crippen LogP contribution in [-0.2, 0) is 14.4 Å². The molecule has 1 rings (SSSR count). The molecule has 4 amide bonds. The third-order valence-corrected chi connectivity index (χ3v) is 4.18. The van der Waals surface area contributed by atoms with Crippen LogP contribution >= 0.6 is 0 Å². The summed E-state index contributed by atoms with van der Waals surface area (Å²) in [5.41, 5.74) is 14.0. The van der Waals surface area contributed by atoms with Crippen LogP contribution in [0.3, 0.4) is 0 Å². The third kappa shape index (κ3) is 7.59. The van der Waals surface area contributed by atoms with Gasteiger partial charge < -0.3 is 31.9 Å². The number of nitrogens with two attached hydrogens (primary N) is 1. The predicted octanol–water partition coefficient (Wildman–Crippen LogP) is -1.18. The highest BCUT2D eigenvalue weighted by Crippen LogP contribution is 2.13. The van der Waals surface area contributed by atoms with Crippen LogP contribution in [0.25, 0.3) is 10.4 Å². The lowest BCUT2D eigenvalue weighted by atomic mass is 10.0. The number of nitrogens with zero attached hydrogens (tertiary/aromatic N) is 3. The Morgan fingerprint density at radius 1 is 1.00 bits per heavy atom. The number of carbonyl (C=O) groups excluding carboxylic acids is 4. The molecule has 0 saturated carbocycles. The van der Waals surface area contributed by atoms with E-state index < -0.39 is 55.0 Å². The van der Waals surface area contributed by atoms with Gasteiger partial charge in [-0.25, -0.2) is 0 Å². The number of benzene rings is 1. The van der Waals surface area contributed by atoms with E-state index in [1.807, 2.05) is 0 Å². The van der Waals surface area contributed by atoms with E-state index in [4.69, 9.17) is 11.3 Å². The number of amides is 4. The van der Waals surface area contributed by atoms with Crippen LogP contribution in [0.1, 0.15) is 24.2 Å². The lowest BCUT2D eigenvalue weighted by Gasteiger charge is -2.24. The van der Waals surface area contributed by atoms with Crippen molar-refractivity contribution in [3.8, 4) is 0 Å². The molecule has 0 spiro atoms. The molecule has 13 nitrogen and oxygen atoms in total. The molecule has 0 saturated heterocycles. The van der Waals surface area contributed by atoms with Gasteiger partial charge in [-0.05, 0) is 23.6 Å². The van der Waals surface area contributed by atoms with Crippen molar-refractivity contribution < 1.29 is 29.4 Å². The Balaban J connectivity index is 2.80. The molecular formula is C18H25N7O6. The Hall–Kier alpha value is -3.67. The van der Waals surface area contributed by atoms with Crippen molar-refractivity contribution in [2.45, 2.75) is 32.0 Å². The van der Waals surface area contributed by atoms with Crippen LogP contribution < -0.4 is 21.7 Å². The molecule has 0 heterocycles. The molecule has 0 aliphatic rings. The van der Waals surface area contributed by atoms with Crippen molar-refractivity contribution in [1.29, 1.82) is 0 Å². The second-order valence-corrected chi connectivity index (χ2v) is 6.82. The Bertz CT molecular complexity index is 851. The van der Waals surface area contributed by atoms with E-state index >= 15 is 0 Å². The highest BCUT2D eigenvalue weighted by molar-refractivity contribution is 5.99. The fourth-order valence-electron chi connectivity index (χ4n) is 2.45. The lowest BCUT2D eigenvalue weighted by molar-refractivity contribution is -0.133. The number of rotatable bonds is 11. The molecule has 1 aromatic rings. The van der Waals surface area contributed by atoms with Crippen LogP contribution in [0.4, 0.5) is 5.69 Å². The van der Waals surface area contributed by atoms with Crippen molar-refractivity contribution in [2.24, 2.45) is 16.8 Å². The van der Waals surface area contributed by atoms with E-state index in [0.29, 0.717) is 0 Å². The zero-order valence-electron chi connectivity index (χ0n) is 17.0. The van der Waals surface area contributed by atoms with Gasteiger partial charge in [-0.3, -0.25) is 19.2 Å². The smallest absolute Gasteiger partial charge is 0.251 e. The van der Waals surface area contributed by atoms with E-state index in [9.17, 15) is 29.4 Å². The maximum atomic E-state index is 12.4. The van der Waals surface area contributed by atoms with Gasteiger partial charge in [0.05, 0.1) is 13.2 Å². The van der Waals surface area contributed by atoms with Gasteiger partial charge in [0.2, 0.25) is 17.7 Å². The molecule has 31 heavy (non-hydrogen) atoms. The molecule has 0 aliphatic carbocycles. The molecular weight excluding hydrogens is 410 g/mol. The van der Waals surface area contributed by atoms with Gasteiger partial charge in [0.1, 0.15) is 18.1 Å². The van der Waals surface area contributed by atoms with Crippen LogP contribution in [-0.4, -0.2) is 65.2 Å². The summed E-state index contributed by atoms with van der Waals surface area (Å²) in [6.45, 7) is 1.72. The fraction of sp³-hybridized carbons (Fsp3) is 0.444. The molecule has 13 heteroatoms. The second kappa shape index (κ2) is 12.1. The molecule has 0 bridgehead atoms. The summed E-state index contributed by atoms with van der Waals surface area (Å²) in [4.78, 5) is 51.0. The van der Waals surface area contributed by atoms with Gasteiger partial charge in [-0.1, -0.05) is 31.1 Å². The van der Waals surface area contributed by atoms with Gasteiger partial charge in [-0.2, -0.15) is 0 Å². The van der Waals surface area contributed by atoms with Gasteiger partial charge >= 0.3 is 0 Å². The average Bonchev–Trinajstić information content (AvgIpc) is 2.73. The molecule has 7 N–H and O–H groups in total. The minimum absolute atomic E-state index is 0.126. The number of carbonyl (C=O) groups is 4. The zero-order valence-corrected chi connectivity index (χ0v) is 17.0. The Labute approximate surface area is 177 Å². The third-order valence-electron chi connectivity index (χ3n) is 4.18. The topological polar surface area (TPSA) is 220 Å². The summed E-state index contributed by atoms with van der Waals surface area (Å²) >= 11 is 0. The summed E-state index contributed by atoms with van der Waals surface area (Å²) in [5, 5.41) is 29.1. The standard InChI is InChI=1S/C18H25N7O6/c1-9(2)14(15(19)28)23-18(31)13(8-27)22-17(30)12(7-26)21-16(29)10-3-5-11(6-4-10)24-25-20/h3-6,9,12-14,26-27H,7-8H2,1-2H3,(H2,19,28)(H,21,29)(H,22,30)(H,23,31)/t12-,13-,14-/m0/s1. The summed E-state index contributed by atoms with van der Waals surface area (Å²) < 4.78 is 0. The first kappa shape index (κ1) is 25.4. The van der Waals surface area contributed by atoms with Gasteiger partial charge in [0.25, 0.3) is 5.91 Å². The second-order valence-electron chi connectivity index (χ2n) is 6.82. The van der Waals surface area contributed by atoms with Crippen LogP contribution in [0.2, 0.25) is 0 Å². The van der Waals surface area contributed by atoms with Gasteiger partial charge in [0, 0.05) is 16.2 Å². The Morgan fingerprint density at radius 3 is 1.97 bits per heavy atom. The van der Waals surface area contributed by atoms with E-state index in [0.717, 1.165) is 0 Å². The molecule has 0 fully saturated rings. The van der Waals surface area contributed by atoms with Crippen molar-refractivity contribution in [3.05, 3.63) is 40.3 Å². The monoisotopic (exact) mass is 435 g/mol. The maximum absolute atomic E-state index is 12.4. The maximum Gasteiger partial charge on any atom is 0.251 e. The number of primary amides is 1. The molecule has 0 unspecified atom stereocenters. The summed E-state index contributed by atoms with van der Waals surface area (Å²) in [7, 11) is 0. The Kier molecular flexibility index (Phi) is 9.92. The van der Waals surface area contributed by atoms with Crippen LogP contribution in [0.15, 0.2) is 29.4 Å². The van der Waals surface area contributed by atoms with E-state index in [2.05, 4.69) is 26.0 Å². The minimum atomic E-state index is -1.44. The largest absolute Gasteiger partial charge is 0.394 e. The highest BCUT2D eigenvalue weighted by Gasteiger charge is 2.29. The molecule has 3 atom stereocenters. The molecule has 0 aliphatic heterocycles. The first-order valence-electron chi connectivity index (χ1n) is 9.22. The van der Waals surface area contributed by atoms with E-state index in [1.165, 1.54) is 24.3 Å². The summed E-state index contributed by atoms with van der Waals surface area (Å²) in [5.74, 6) is -3.61. The quantitative estimate of drug-likeness (QED) is 0.143. The lowest BCUT2D eigenvalue weighted by Crippen LogP contribution is -2.59. The number of aliphatic hydroxyl groups is 2. The highest BCUT2D eigenvalue weighted by atomic mass is 16.3. The molecule has 168 valence electrons. The van der Waals surface area contributed by atoms with Crippen molar-refractivity contribution in [3.63, 3.8) is 0 Å². The Morgan fingerprint density at radius 2 is 1.52 bits per heavy atom. The van der Waals surface area contributed by atoms with Crippen LogP contribution in [0.5, 0.6) is 0 Å². The number of hydrogen-bond donors (Lipinski definition) is 6. The summed E-state index contributed by atoms with van der Waals surface area (Å²) in [6.07, 6.45) is 0. The van der Waals surface area contributed by atoms with Crippen LogP contribution in [0, 0.1) is 5.92 Å². The number of azide groups is 1. The number of nitrogens with one attached hydrogen (secondary N) is 3. The van der Waals surface area contributed by atoms with E-state index in [1.54, 1.807) is 13.8 Å². The van der Waals surface area contributed by atoms with E-state index in [-0.39, 0.29) is 17.2 Å². The number of hydrogen-bond acceptors (Lipinski definition) is 7. The van der Waals surface area contributed by atoms with Crippen molar-refractivity contribution in [2.75, 3.05) is 13.2 Å². The normalized spacial score (nSPS) is 13.3. The van der Waals surface area contributed by atoms with Gasteiger partial charge in [-0.15, -0.1) is 0 Å². The summed E-state index contributed by atoms with van der Waals surface area (Å²) in [6, 6.07) is 1.60. The first-order chi connectivity index (χ1) is 14.6. The zero-order chi connectivity index (χ0) is 23.6. The van der Waals surface area contributed by atoms with Crippen molar-refractivity contribution in [1.82, 2.24) is 16.0 Å². The first-order valence-corrected chi connectivity index (χ1v) is 9.22. The van der Waals surface area contributed by atoms with Crippen molar-refractivity contribution >= 4 is 29.3 Å².